The Kier molecular flexibility index (Phi) is 4.56. The molecular formula is C14H16FN3O2S. The third-order valence-electron chi connectivity index (χ3n) is 3.01. The first kappa shape index (κ1) is 15.4. The molecule has 0 spiro atoms. The summed E-state index contributed by atoms with van der Waals surface area (Å²) in [6.07, 6.45) is 0. The zero-order valence-corrected chi connectivity index (χ0v) is 12.0. The molecule has 0 aliphatic carbocycles. The van der Waals surface area contributed by atoms with Crippen LogP contribution in [0.5, 0.6) is 0 Å². The minimum absolute atomic E-state index is 0.175. The summed E-state index contributed by atoms with van der Waals surface area (Å²) in [4.78, 5) is -0.266. The summed E-state index contributed by atoms with van der Waals surface area (Å²) < 4.78 is 36.0. The predicted molar refractivity (Wildman–Crippen MR) is 79.6 cm³/mol. The van der Waals surface area contributed by atoms with Gasteiger partial charge in [-0.05, 0) is 23.8 Å². The van der Waals surface area contributed by atoms with Gasteiger partial charge in [0.15, 0.2) is 0 Å². The number of sulfonamides is 1. The van der Waals surface area contributed by atoms with Crippen molar-refractivity contribution in [3.05, 3.63) is 59.9 Å². The lowest BCUT2D eigenvalue weighted by Crippen LogP contribution is -2.21. The summed E-state index contributed by atoms with van der Waals surface area (Å²) in [6, 6.07) is 12.5. The first-order valence-corrected chi connectivity index (χ1v) is 7.79. The second-order valence-electron chi connectivity index (χ2n) is 4.58. The zero-order chi connectivity index (χ0) is 15.5. The van der Waals surface area contributed by atoms with Crippen LogP contribution in [-0.2, 0) is 10.0 Å². The Morgan fingerprint density at radius 1 is 1.14 bits per heavy atom. The van der Waals surface area contributed by atoms with E-state index in [0.717, 1.165) is 11.6 Å². The van der Waals surface area contributed by atoms with Crippen LogP contribution in [0.2, 0.25) is 0 Å². The highest BCUT2D eigenvalue weighted by atomic mass is 32.2. The van der Waals surface area contributed by atoms with Gasteiger partial charge in [-0.2, -0.15) is 0 Å². The van der Waals surface area contributed by atoms with Crippen molar-refractivity contribution >= 4 is 15.7 Å². The molecule has 2 rings (SSSR count). The van der Waals surface area contributed by atoms with Crippen molar-refractivity contribution in [1.29, 1.82) is 0 Å². The smallest absolute Gasteiger partial charge is 0.238 e. The summed E-state index contributed by atoms with van der Waals surface area (Å²) in [5.74, 6) is -0.693. The number of benzene rings is 2. The fourth-order valence-electron chi connectivity index (χ4n) is 1.85. The average Bonchev–Trinajstić information content (AvgIpc) is 2.45. The molecule has 0 bridgehead atoms. The number of hydrogen-bond acceptors (Lipinski definition) is 4. The van der Waals surface area contributed by atoms with Crippen LogP contribution in [0.4, 0.5) is 10.1 Å². The van der Waals surface area contributed by atoms with Gasteiger partial charge in [0.05, 0.1) is 10.6 Å². The fourth-order valence-corrected chi connectivity index (χ4v) is 2.38. The molecule has 112 valence electrons. The molecule has 2 aromatic rings. The SMILES string of the molecule is NC(CNc1ccc(S(N)(=O)=O)cc1F)c1ccccc1. The predicted octanol–water partition coefficient (Wildman–Crippen LogP) is 1.59. The summed E-state index contributed by atoms with van der Waals surface area (Å²) >= 11 is 0. The van der Waals surface area contributed by atoms with Crippen LogP contribution in [0.15, 0.2) is 53.4 Å². The summed E-state index contributed by atoms with van der Waals surface area (Å²) in [5.41, 5.74) is 7.09. The minimum Gasteiger partial charge on any atom is -0.381 e. The topological polar surface area (TPSA) is 98.2 Å². The van der Waals surface area contributed by atoms with Crippen molar-refractivity contribution in [2.75, 3.05) is 11.9 Å². The fraction of sp³-hybridized carbons (Fsp3) is 0.143. The molecule has 5 nitrogen and oxygen atoms in total. The minimum atomic E-state index is -3.91. The molecule has 2 aromatic carbocycles. The summed E-state index contributed by atoms with van der Waals surface area (Å²) in [5, 5.41) is 7.79. The average molecular weight is 309 g/mol. The number of nitrogens with one attached hydrogen (secondary N) is 1. The monoisotopic (exact) mass is 309 g/mol. The van der Waals surface area contributed by atoms with Crippen LogP contribution < -0.4 is 16.2 Å². The van der Waals surface area contributed by atoms with Crippen LogP contribution in [0.25, 0.3) is 0 Å². The number of halogens is 1. The third kappa shape index (κ3) is 4.01. The molecule has 0 amide bonds. The van der Waals surface area contributed by atoms with Crippen molar-refractivity contribution in [2.24, 2.45) is 10.9 Å². The molecule has 0 radical (unpaired) electrons. The van der Waals surface area contributed by atoms with Crippen molar-refractivity contribution in [2.45, 2.75) is 10.9 Å². The van der Waals surface area contributed by atoms with Crippen molar-refractivity contribution in [3.8, 4) is 0 Å². The van der Waals surface area contributed by atoms with Crippen molar-refractivity contribution in [3.63, 3.8) is 0 Å². The molecule has 1 unspecified atom stereocenters. The van der Waals surface area contributed by atoms with E-state index in [-0.39, 0.29) is 16.6 Å². The normalized spacial score (nSPS) is 12.9. The van der Waals surface area contributed by atoms with Crippen LogP contribution in [0, 0.1) is 5.82 Å². The molecule has 0 saturated heterocycles. The first-order valence-electron chi connectivity index (χ1n) is 6.24. The lowest BCUT2D eigenvalue weighted by molar-refractivity contribution is 0.592. The largest absolute Gasteiger partial charge is 0.381 e. The Morgan fingerprint density at radius 3 is 2.38 bits per heavy atom. The van der Waals surface area contributed by atoms with Crippen LogP contribution >= 0.6 is 0 Å². The van der Waals surface area contributed by atoms with Gasteiger partial charge in [0, 0.05) is 12.6 Å². The van der Waals surface area contributed by atoms with E-state index in [9.17, 15) is 12.8 Å². The summed E-state index contributed by atoms with van der Waals surface area (Å²) in [6.45, 7) is 0.315. The second-order valence-corrected chi connectivity index (χ2v) is 6.15. The Bertz CT molecular complexity index is 720. The van der Waals surface area contributed by atoms with Gasteiger partial charge >= 0.3 is 0 Å². The van der Waals surface area contributed by atoms with E-state index in [1.165, 1.54) is 12.1 Å². The molecule has 0 saturated carbocycles. The molecular weight excluding hydrogens is 293 g/mol. The Morgan fingerprint density at radius 2 is 1.81 bits per heavy atom. The van der Waals surface area contributed by atoms with Gasteiger partial charge < -0.3 is 11.1 Å². The summed E-state index contributed by atoms with van der Waals surface area (Å²) in [7, 11) is -3.91. The lowest BCUT2D eigenvalue weighted by atomic mass is 10.1. The maximum Gasteiger partial charge on any atom is 0.238 e. The Labute approximate surface area is 122 Å². The molecule has 0 heterocycles. The van der Waals surface area contributed by atoms with Crippen LogP contribution in [0.3, 0.4) is 0 Å². The van der Waals surface area contributed by atoms with Gasteiger partial charge in [0.1, 0.15) is 5.82 Å². The van der Waals surface area contributed by atoms with Crippen LogP contribution in [0.1, 0.15) is 11.6 Å². The molecule has 0 aliphatic rings. The molecule has 7 heteroatoms. The van der Waals surface area contributed by atoms with E-state index < -0.39 is 15.8 Å². The standard InChI is InChI=1S/C14H16FN3O2S/c15-12-8-11(21(17,19)20)6-7-14(12)18-9-13(16)10-4-2-1-3-5-10/h1-8,13,18H,9,16H2,(H2,17,19,20). The highest BCUT2D eigenvalue weighted by molar-refractivity contribution is 7.89. The molecule has 0 aromatic heterocycles. The number of rotatable bonds is 5. The number of primary sulfonamides is 1. The highest BCUT2D eigenvalue weighted by Gasteiger charge is 2.12. The van der Waals surface area contributed by atoms with Gasteiger partial charge in [0.2, 0.25) is 10.0 Å². The first-order chi connectivity index (χ1) is 9.88. The van der Waals surface area contributed by atoms with Crippen molar-refractivity contribution in [1.82, 2.24) is 0 Å². The van der Waals surface area contributed by atoms with E-state index in [4.69, 9.17) is 10.9 Å². The maximum atomic E-state index is 13.8. The third-order valence-corrected chi connectivity index (χ3v) is 3.92. The number of hydrogen-bond donors (Lipinski definition) is 3. The Balaban J connectivity index is 2.07. The molecule has 0 aliphatic heterocycles. The Hall–Kier alpha value is -1.96. The van der Waals surface area contributed by atoms with E-state index >= 15 is 0 Å². The van der Waals surface area contributed by atoms with Gasteiger partial charge in [-0.25, -0.2) is 17.9 Å². The van der Waals surface area contributed by atoms with E-state index in [0.29, 0.717) is 6.54 Å². The molecule has 0 fully saturated rings. The van der Waals surface area contributed by atoms with Crippen molar-refractivity contribution < 1.29 is 12.8 Å². The number of anilines is 1. The van der Waals surface area contributed by atoms with Gasteiger partial charge in [-0.1, -0.05) is 30.3 Å². The lowest BCUT2D eigenvalue weighted by Gasteiger charge is -2.14. The zero-order valence-electron chi connectivity index (χ0n) is 11.2. The molecule has 21 heavy (non-hydrogen) atoms. The molecule has 5 N–H and O–H groups in total. The quantitative estimate of drug-likeness (QED) is 0.781. The van der Waals surface area contributed by atoms with Gasteiger partial charge in [-0.3, -0.25) is 0 Å². The van der Waals surface area contributed by atoms with E-state index in [2.05, 4.69) is 5.32 Å². The molecule has 1 atom stereocenters. The van der Waals surface area contributed by atoms with Gasteiger partial charge in [0.25, 0.3) is 0 Å². The van der Waals surface area contributed by atoms with E-state index in [1.54, 1.807) is 0 Å². The van der Waals surface area contributed by atoms with E-state index in [1.807, 2.05) is 30.3 Å². The van der Waals surface area contributed by atoms with Crippen LogP contribution in [-0.4, -0.2) is 15.0 Å². The highest BCUT2D eigenvalue weighted by Crippen LogP contribution is 2.19. The second kappa shape index (κ2) is 6.21. The number of nitrogens with two attached hydrogens (primary N) is 2. The maximum absolute atomic E-state index is 13.8. The van der Waals surface area contributed by atoms with Gasteiger partial charge in [-0.15, -0.1) is 0 Å².